The molecule has 96 valence electrons. The molecule has 0 atom stereocenters. The van der Waals surface area contributed by atoms with Crippen molar-refractivity contribution >= 4 is 5.91 Å². The van der Waals surface area contributed by atoms with Crippen molar-refractivity contribution in [2.75, 3.05) is 13.2 Å². The fourth-order valence-electron chi connectivity index (χ4n) is 2.21. The van der Waals surface area contributed by atoms with Gasteiger partial charge in [-0.25, -0.2) is 0 Å². The van der Waals surface area contributed by atoms with Crippen molar-refractivity contribution in [1.82, 2.24) is 0 Å². The summed E-state index contributed by atoms with van der Waals surface area (Å²) in [4.78, 5) is 11.6. The van der Waals surface area contributed by atoms with Gasteiger partial charge in [-0.3, -0.25) is 4.79 Å². The molecule has 0 bridgehead atoms. The zero-order chi connectivity index (χ0) is 13.2. The van der Waals surface area contributed by atoms with E-state index >= 15 is 0 Å². The number of hydrogen-bond acceptors (Lipinski definition) is 3. The molecule has 0 saturated heterocycles. The minimum Gasteiger partial charge on any atom is -0.486 e. The largest absolute Gasteiger partial charge is 0.486 e. The number of amides is 1. The van der Waals surface area contributed by atoms with Gasteiger partial charge in [-0.05, 0) is 17.7 Å². The van der Waals surface area contributed by atoms with Crippen molar-refractivity contribution in [3.63, 3.8) is 0 Å². The normalized spacial score (nSPS) is 13.1. The van der Waals surface area contributed by atoms with Crippen LogP contribution in [0.2, 0.25) is 0 Å². The molecule has 0 radical (unpaired) electrons. The first-order valence-corrected chi connectivity index (χ1v) is 6.05. The molecule has 1 aliphatic heterocycles. The van der Waals surface area contributed by atoms with Crippen molar-refractivity contribution in [2.24, 2.45) is 5.73 Å². The Kier molecular flexibility index (Phi) is 2.83. The van der Waals surface area contributed by atoms with Crippen LogP contribution in [0.25, 0.3) is 11.1 Å². The Morgan fingerprint density at radius 3 is 2.47 bits per heavy atom. The Morgan fingerprint density at radius 2 is 1.74 bits per heavy atom. The predicted octanol–water partition coefficient (Wildman–Crippen LogP) is 2.22. The van der Waals surface area contributed by atoms with Gasteiger partial charge in [0.2, 0.25) is 5.91 Å². The van der Waals surface area contributed by atoms with Gasteiger partial charge in [0.25, 0.3) is 0 Å². The molecule has 1 aliphatic rings. The molecule has 19 heavy (non-hydrogen) atoms. The first-order valence-electron chi connectivity index (χ1n) is 6.05. The Labute approximate surface area is 110 Å². The van der Waals surface area contributed by atoms with Gasteiger partial charge in [-0.15, -0.1) is 0 Å². The number of fused-ring (bicyclic) bond motifs is 1. The van der Waals surface area contributed by atoms with E-state index in [0.29, 0.717) is 35.8 Å². The number of nitrogens with two attached hydrogens (primary N) is 1. The highest BCUT2D eigenvalue weighted by molar-refractivity contribution is 6.02. The Hall–Kier alpha value is -2.49. The maximum atomic E-state index is 11.6. The molecular weight excluding hydrogens is 242 g/mol. The van der Waals surface area contributed by atoms with Crippen LogP contribution in [-0.2, 0) is 0 Å². The molecular formula is C15H13NO3. The second-order valence-corrected chi connectivity index (χ2v) is 4.24. The van der Waals surface area contributed by atoms with Crippen LogP contribution in [0.15, 0.2) is 42.5 Å². The van der Waals surface area contributed by atoms with Gasteiger partial charge in [0.15, 0.2) is 11.5 Å². The van der Waals surface area contributed by atoms with Crippen molar-refractivity contribution < 1.29 is 14.3 Å². The fourth-order valence-corrected chi connectivity index (χ4v) is 2.21. The van der Waals surface area contributed by atoms with E-state index in [-0.39, 0.29) is 0 Å². The molecule has 2 N–H and O–H groups in total. The van der Waals surface area contributed by atoms with Crippen LogP contribution in [0, 0.1) is 0 Å². The van der Waals surface area contributed by atoms with E-state index < -0.39 is 5.91 Å². The third-order valence-electron chi connectivity index (χ3n) is 3.04. The summed E-state index contributed by atoms with van der Waals surface area (Å²) in [7, 11) is 0. The van der Waals surface area contributed by atoms with Crippen molar-refractivity contribution in [3.8, 4) is 22.6 Å². The van der Waals surface area contributed by atoms with E-state index in [0.717, 1.165) is 5.56 Å². The molecule has 0 unspecified atom stereocenters. The first kappa shape index (κ1) is 11.6. The number of carbonyl (C=O) groups excluding carboxylic acids is 1. The number of ether oxygens (including phenoxy) is 2. The van der Waals surface area contributed by atoms with E-state index in [1.165, 1.54) is 0 Å². The van der Waals surface area contributed by atoms with Crippen LogP contribution in [0.3, 0.4) is 0 Å². The second-order valence-electron chi connectivity index (χ2n) is 4.24. The smallest absolute Gasteiger partial charge is 0.249 e. The number of primary amides is 1. The van der Waals surface area contributed by atoms with Gasteiger partial charge in [0.1, 0.15) is 13.2 Å². The van der Waals surface area contributed by atoms with Crippen molar-refractivity contribution in [3.05, 3.63) is 48.0 Å². The molecule has 3 rings (SSSR count). The molecule has 4 heteroatoms. The molecule has 0 fully saturated rings. The van der Waals surface area contributed by atoms with E-state index in [4.69, 9.17) is 15.2 Å². The van der Waals surface area contributed by atoms with Gasteiger partial charge in [0.05, 0.1) is 5.56 Å². The molecule has 0 aliphatic carbocycles. The molecule has 1 heterocycles. The lowest BCUT2D eigenvalue weighted by Crippen LogP contribution is -2.19. The van der Waals surface area contributed by atoms with Gasteiger partial charge in [-0.2, -0.15) is 0 Å². The Bertz CT molecular complexity index is 623. The minimum atomic E-state index is -0.476. The average Bonchev–Trinajstić information content (AvgIpc) is 2.46. The monoisotopic (exact) mass is 255 g/mol. The lowest BCUT2D eigenvalue weighted by Gasteiger charge is -2.22. The van der Waals surface area contributed by atoms with Crippen LogP contribution in [-0.4, -0.2) is 19.1 Å². The van der Waals surface area contributed by atoms with Crippen LogP contribution < -0.4 is 15.2 Å². The van der Waals surface area contributed by atoms with Crippen LogP contribution in [0.1, 0.15) is 10.4 Å². The van der Waals surface area contributed by atoms with E-state index in [1.807, 2.05) is 30.3 Å². The van der Waals surface area contributed by atoms with Gasteiger partial charge < -0.3 is 15.2 Å². The van der Waals surface area contributed by atoms with Gasteiger partial charge in [-0.1, -0.05) is 30.3 Å². The summed E-state index contributed by atoms with van der Waals surface area (Å²) in [5.41, 5.74) is 7.48. The summed E-state index contributed by atoms with van der Waals surface area (Å²) < 4.78 is 11.2. The second kappa shape index (κ2) is 4.65. The molecule has 0 spiro atoms. The number of rotatable bonds is 2. The highest BCUT2D eigenvalue weighted by Crippen LogP contribution is 2.42. The number of carbonyl (C=O) groups is 1. The molecule has 2 aromatic rings. The van der Waals surface area contributed by atoms with Gasteiger partial charge in [0, 0.05) is 5.56 Å². The maximum absolute atomic E-state index is 11.6. The third-order valence-corrected chi connectivity index (χ3v) is 3.04. The first-order chi connectivity index (χ1) is 9.27. The lowest BCUT2D eigenvalue weighted by molar-refractivity contribution is 0.1000. The zero-order valence-corrected chi connectivity index (χ0v) is 10.3. The predicted molar refractivity (Wildman–Crippen MR) is 71.4 cm³/mol. The third kappa shape index (κ3) is 2.01. The van der Waals surface area contributed by atoms with Crippen LogP contribution >= 0.6 is 0 Å². The summed E-state index contributed by atoms with van der Waals surface area (Å²) in [5.74, 6) is 0.764. The number of hydrogen-bond donors (Lipinski definition) is 1. The highest BCUT2D eigenvalue weighted by Gasteiger charge is 2.22. The summed E-state index contributed by atoms with van der Waals surface area (Å²) in [6.45, 7) is 0.978. The fraction of sp³-hybridized carbons (Fsp3) is 0.133. The summed E-state index contributed by atoms with van der Waals surface area (Å²) in [6.07, 6.45) is 0. The molecule has 0 aromatic heterocycles. The number of benzene rings is 2. The molecule has 0 saturated carbocycles. The molecule has 4 nitrogen and oxygen atoms in total. The van der Waals surface area contributed by atoms with Crippen LogP contribution in [0.5, 0.6) is 11.5 Å². The Balaban J connectivity index is 2.27. The summed E-state index contributed by atoms with van der Waals surface area (Å²) in [5, 5.41) is 0. The molecule has 1 amide bonds. The summed E-state index contributed by atoms with van der Waals surface area (Å²) >= 11 is 0. The minimum absolute atomic E-state index is 0.440. The Morgan fingerprint density at radius 1 is 1.00 bits per heavy atom. The maximum Gasteiger partial charge on any atom is 0.249 e. The van der Waals surface area contributed by atoms with Crippen LogP contribution in [0.4, 0.5) is 0 Å². The van der Waals surface area contributed by atoms with Crippen molar-refractivity contribution in [2.45, 2.75) is 0 Å². The zero-order valence-electron chi connectivity index (χ0n) is 10.3. The quantitative estimate of drug-likeness (QED) is 0.895. The summed E-state index contributed by atoms with van der Waals surface area (Å²) in [6, 6.07) is 13.0. The SMILES string of the molecule is NC(=O)c1ccc2c(c1-c1ccccc1)OCCO2. The average molecular weight is 255 g/mol. The highest BCUT2D eigenvalue weighted by atomic mass is 16.6. The van der Waals surface area contributed by atoms with Crippen molar-refractivity contribution in [1.29, 1.82) is 0 Å². The van der Waals surface area contributed by atoms with E-state index in [9.17, 15) is 4.79 Å². The van der Waals surface area contributed by atoms with E-state index in [2.05, 4.69) is 0 Å². The molecule has 2 aromatic carbocycles. The van der Waals surface area contributed by atoms with Gasteiger partial charge >= 0.3 is 0 Å². The topological polar surface area (TPSA) is 61.6 Å². The standard InChI is InChI=1S/C15H13NO3/c16-15(17)11-6-7-12-14(19-9-8-18-12)13(11)10-4-2-1-3-5-10/h1-7H,8-9H2,(H2,16,17). The van der Waals surface area contributed by atoms with E-state index in [1.54, 1.807) is 12.1 Å². The lowest BCUT2D eigenvalue weighted by atomic mass is 9.97.